The molecule has 3 heterocycles. The zero-order valence-corrected chi connectivity index (χ0v) is 18.2. The Labute approximate surface area is 194 Å². The van der Waals surface area contributed by atoms with Crippen molar-refractivity contribution < 1.29 is 31.5 Å². The number of hydrogen-bond acceptors (Lipinski definition) is 7. The van der Waals surface area contributed by atoms with Gasteiger partial charge in [-0.2, -0.15) is 28.6 Å². The first-order chi connectivity index (χ1) is 16.5. The van der Waals surface area contributed by atoms with Gasteiger partial charge >= 0.3 is 12.2 Å². The van der Waals surface area contributed by atoms with Crippen LogP contribution in [0.25, 0.3) is 11.3 Å². The number of aryl methyl sites for hydroxylation is 2. The molecule has 3 rings (SSSR count). The maximum absolute atomic E-state index is 13.3. The van der Waals surface area contributed by atoms with Crippen LogP contribution in [0.5, 0.6) is 5.88 Å². The average Bonchev–Trinajstić information content (AvgIpc) is 3.18. The lowest BCUT2D eigenvalue weighted by atomic mass is 10.1. The average molecular weight is 496 g/mol. The van der Waals surface area contributed by atoms with Crippen molar-refractivity contribution in [3.63, 3.8) is 0 Å². The maximum Gasteiger partial charge on any atom is 0.435 e. The summed E-state index contributed by atoms with van der Waals surface area (Å²) in [5, 5.41) is 25.1. The topological polar surface area (TPSA) is 131 Å². The molecule has 0 aliphatic carbocycles. The van der Waals surface area contributed by atoms with Crippen LogP contribution in [0.4, 0.5) is 32.4 Å². The van der Waals surface area contributed by atoms with Crippen LogP contribution in [0.2, 0.25) is 0 Å². The number of rotatable bonds is 7. The minimum atomic E-state index is -4.67. The molecule has 2 amide bonds. The van der Waals surface area contributed by atoms with Gasteiger partial charge in [-0.05, 0) is 24.6 Å². The smallest absolute Gasteiger partial charge is 0.435 e. The summed E-state index contributed by atoms with van der Waals surface area (Å²) >= 11 is 0. The lowest BCUT2D eigenvalue weighted by molar-refractivity contribution is -0.141. The molecule has 15 heteroatoms. The van der Waals surface area contributed by atoms with E-state index in [1.807, 2.05) is 0 Å². The van der Waals surface area contributed by atoms with Crippen LogP contribution in [-0.4, -0.2) is 44.0 Å². The first kappa shape index (κ1) is 25.3. The van der Waals surface area contributed by atoms with E-state index < -0.39 is 30.9 Å². The van der Waals surface area contributed by atoms with E-state index in [9.17, 15) is 26.7 Å². The Kier molecular flexibility index (Phi) is 7.43. The van der Waals surface area contributed by atoms with E-state index in [2.05, 4.69) is 30.9 Å². The largest absolute Gasteiger partial charge is 0.472 e. The Morgan fingerprint density at radius 3 is 2.63 bits per heavy atom. The summed E-state index contributed by atoms with van der Waals surface area (Å²) in [4.78, 5) is 15.9. The minimum absolute atomic E-state index is 0.00391. The standard InChI is InChI=1S/C20H17F5N8O2/c1-10-3-13(30-31-17(10)14-8-33(2)32-18(14)20(23,24)25)7-27-19(34)29-11-4-12(6-26)28-16(5-11)35-9-15(21)22/h3-5,8,15H,7,9H2,1-2H3,(H2,27,28,29,34). The Morgan fingerprint density at radius 1 is 1.26 bits per heavy atom. The van der Waals surface area contributed by atoms with Gasteiger partial charge in [0.25, 0.3) is 6.43 Å². The molecule has 3 aromatic heterocycles. The van der Waals surface area contributed by atoms with Gasteiger partial charge < -0.3 is 15.4 Å². The molecular formula is C20H17F5N8O2. The summed E-state index contributed by atoms with van der Waals surface area (Å²) in [6.45, 7) is 0.469. The molecule has 0 saturated carbocycles. The van der Waals surface area contributed by atoms with E-state index in [1.54, 1.807) is 13.0 Å². The predicted octanol–water partition coefficient (Wildman–Crippen LogP) is 3.44. The highest BCUT2D eigenvalue weighted by atomic mass is 19.4. The number of alkyl halides is 5. The van der Waals surface area contributed by atoms with Crippen LogP contribution in [-0.2, 0) is 19.8 Å². The molecule has 35 heavy (non-hydrogen) atoms. The fraction of sp³-hybridized carbons (Fsp3) is 0.300. The zero-order chi connectivity index (χ0) is 25.8. The van der Waals surface area contributed by atoms with E-state index in [-0.39, 0.29) is 40.8 Å². The molecule has 0 fully saturated rings. The molecule has 0 saturated heterocycles. The van der Waals surface area contributed by atoms with E-state index in [0.29, 0.717) is 5.56 Å². The number of anilines is 1. The number of aromatic nitrogens is 5. The Hall–Kier alpha value is -4.35. The van der Waals surface area contributed by atoms with Crippen molar-refractivity contribution >= 4 is 11.7 Å². The Morgan fingerprint density at radius 2 is 2.00 bits per heavy atom. The second-order valence-corrected chi connectivity index (χ2v) is 7.13. The van der Waals surface area contributed by atoms with Crippen molar-refractivity contribution in [2.45, 2.75) is 26.1 Å². The van der Waals surface area contributed by atoms with Crippen molar-refractivity contribution in [2.75, 3.05) is 11.9 Å². The molecule has 10 nitrogen and oxygen atoms in total. The van der Waals surface area contributed by atoms with Crippen molar-refractivity contribution in [3.8, 4) is 23.2 Å². The van der Waals surface area contributed by atoms with Crippen molar-refractivity contribution in [1.29, 1.82) is 5.26 Å². The van der Waals surface area contributed by atoms with Gasteiger partial charge in [0, 0.05) is 19.3 Å². The van der Waals surface area contributed by atoms with Gasteiger partial charge in [-0.25, -0.2) is 18.6 Å². The lowest BCUT2D eigenvalue weighted by Crippen LogP contribution is -2.28. The number of hydrogen-bond donors (Lipinski definition) is 2. The normalized spacial score (nSPS) is 11.3. The Balaban J connectivity index is 1.68. The third-order valence-electron chi connectivity index (χ3n) is 4.35. The number of carbonyl (C=O) groups is 1. The van der Waals surface area contributed by atoms with Gasteiger partial charge in [0.15, 0.2) is 12.3 Å². The van der Waals surface area contributed by atoms with E-state index in [4.69, 9.17) is 10.00 Å². The summed E-state index contributed by atoms with van der Waals surface area (Å²) < 4.78 is 70.2. The quantitative estimate of drug-likeness (QED) is 0.479. The van der Waals surface area contributed by atoms with Gasteiger partial charge in [0.1, 0.15) is 11.8 Å². The summed E-state index contributed by atoms with van der Waals surface area (Å²) in [5.41, 5.74) is -0.788. The number of nitrogens with zero attached hydrogens (tertiary/aromatic N) is 6. The number of urea groups is 1. The molecule has 0 unspecified atom stereocenters. The fourth-order valence-electron chi connectivity index (χ4n) is 2.97. The highest BCUT2D eigenvalue weighted by Crippen LogP contribution is 2.36. The van der Waals surface area contributed by atoms with Gasteiger partial charge in [-0.15, -0.1) is 5.10 Å². The lowest BCUT2D eigenvalue weighted by Gasteiger charge is -2.11. The molecule has 0 aliphatic heterocycles. The SMILES string of the molecule is Cc1cc(CNC(=O)Nc2cc(C#N)nc(OCC(F)F)c2)nnc1-c1cn(C)nc1C(F)(F)F. The molecule has 0 spiro atoms. The third kappa shape index (κ3) is 6.59. The molecule has 0 radical (unpaired) electrons. The monoisotopic (exact) mass is 496 g/mol. The molecule has 0 bridgehead atoms. The number of pyridine rings is 1. The first-order valence-corrected chi connectivity index (χ1v) is 9.78. The molecule has 2 N–H and O–H groups in total. The highest BCUT2D eigenvalue weighted by Gasteiger charge is 2.38. The predicted molar refractivity (Wildman–Crippen MR) is 110 cm³/mol. The van der Waals surface area contributed by atoms with Crippen LogP contribution in [0.1, 0.15) is 22.6 Å². The van der Waals surface area contributed by atoms with Gasteiger partial charge in [0.05, 0.1) is 29.2 Å². The third-order valence-corrected chi connectivity index (χ3v) is 4.35. The van der Waals surface area contributed by atoms with Crippen LogP contribution in [0.3, 0.4) is 0 Å². The van der Waals surface area contributed by atoms with Gasteiger partial charge in [0.2, 0.25) is 5.88 Å². The zero-order valence-electron chi connectivity index (χ0n) is 18.2. The molecular weight excluding hydrogens is 479 g/mol. The molecule has 184 valence electrons. The second kappa shape index (κ2) is 10.3. The van der Waals surface area contributed by atoms with Crippen molar-refractivity contribution in [2.24, 2.45) is 7.05 Å². The summed E-state index contributed by atoms with van der Waals surface area (Å²) in [6.07, 6.45) is -6.24. The maximum atomic E-state index is 13.3. The number of nitrogens with one attached hydrogen (secondary N) is 2. The van der Waals surface area contributed by atoms with Gasteiger partial charge in [-0.1, -0.05) is 0 Å². The first-order valence-electron chi connectivity index (χ1n) is 9.78. The van der Waals surface area contributed by atoms with Crippen LogP contribution < -0.4 is 15.4 Å². The summed E-state index contributed by atoms with van der Waals surface area (Å²) in [6, 6.07) is 4.81. The van der Waals surface area contributed by atoms with E-state index in [0.717, 1.165) is 10.7 Å². The molecule has 0 aromatic carbocycles. The number of halogens is 5. The number of carbonyl (C=O) groups excluding carboxylic acids is 1. The number of amides is 2. The van der Waals surface area contributed by atoms with Gasteiger partial charge in [-0.3, -0.25) is 4.68 Å². The highest BCUT2D eigenvalue weighted by molar-refractivity contribution is 5.89. The molecule has 3 aromatic rings. The van der Waals surface area contributed by atoms with E-state index in [1.165, 1.54) is 25.4 Å². The van der Waals surface area contributed by atoms with Crippen LogP contribution in [0, 0.1) is 18.3 Å². The summed E-state index contributed by atoms with van der Waals surface area (Å²) in [7, 11) is 1.36. The Bertz CT molecular complexity index is 1270. The number of nitriles is 1. The van der Waals surface area contributed by atoms with Crippen LogP contribution >= 0.6 is 0 Å². The molecule has 0 aliphatic rings. The number of ether oxygens (including phenoxy) is 1. The minimum Gasteiger partial charge on any atom is -0.472 e. The van der Waals surface area contributed by atoms with Crippen LogP contribution in [0.15, 0.2) is 24.4 Å². The second-order valence-electron chi connectivity index (χ2n) is 7.13. The molecule has 0 atom stereocenters. The van der Waals surface area contributed by atoms with Crippen molar-refractivity contribution in [1.82, 2.24) is 30.3 Å². The fourth-order valence-corrected chi connectivity index (χ4v) is 2.97. The van der Waals surface area contributed by atoms with Crippen molar-refractivity contribution in [3.05, 3.63) is 47.0 Å². The van der Waals surface area contributed by atoms with E-state index >= 15 is 0 Å². The summed E-state index contributed by atoms with van der Waals surface area (Å²) in [5.74, 6) is -0.273.